The van der Waals surface area contributed by atoms with Crippen LogP contribution in [0, 0.1) is 5.92 Å². The molecule has 24 heavy (non-hydrogen) atoms. The van der Waals surface area contributed by atoms with Crippen LogP contribution >= 0.6 is 0 Å². The highest BCUT2D eigenvalue weighted by molar-refractivity contribution is 5.85. The van der Waals surface area contributed by atoms with Gasteiger partial charge in [-0.3, -0.25) is 4.79 Å². The second-order valence-corrected chi connectivity index (χ2v) is 5.64. The summed E-state index contributed by atoms with van der Waals surface area (Å²) in [5, 5.41) is 5.36. The molecule has 1 heterocycles. The molecule has 1 aromatic carbocycles. The molecule has 0 aliphatic carbocycles. The number of methoxy groups -OCH3 is 1. The molecular weight excluding hydrogens is 310 g/mol. The van der Waals surface area contributed by atoms with Gasteiger partial charge in [-0.05, 0) is 11.5 Å². The lowest BCUT2D eigenvalue weighted by Gasteiger charge is -2.21. The van der Waals surface area contributed by atoms with Crippen LogP contribution in [0.5, 0.6) is 0 Å². The molecule has 0 unspecified atom stereocenters. The quantitative estimate of drug-likeness (QED) is 0.847. The highest BCUT2D eigenvalue weighted by atomic mass is 16.5. The normalized spacial score (nSPS) is 11.8. The van der Waals surface area contributed by atoms with Gasteiger partial charge in [0.25, 0.3) is 0 Å². The van der Waals surface area contributed by atoms with Crippen LogP contribution in [0.3, 0.4) is 0 Å². The summed E-state index contributed by atoms with van der Waals surface area (Å²) in [5.41, 5.74) is 1.85. The molecule has 1 atom stereocenters. The lowest BCUT2D eigenvalue weighted by molar-refractivity contribution is -0.124. The van der Waals surface area contributed by atoms with Gasteiger partial charge in [-0.2, -0.15) is 0 Å². The summed E-state index contributed by atoms with van der Waals surface area (Å²) in [6, 6.07) is 6.95. The summed E-state index contributed by atoms with van der Waals surface area (Å²) >= 11 is 0. The van der Waals surface area contributed by atoms with E-state index in [4.69, 9.17) is 4.42 Å². The van der Waals surface area contributed by atoms with E-state index in [-0.39, 0.29) is 11.8 Å². The Kier molecular flexibility index (Phi) is 5.95. The molecule has 0 bridgehead atoms. The Hall–Kier alpha value is -2.83. The van der Waals surface area contributed by atoms with E-state index >= 15 is 0 Å². The van der Waals surface area contributed by atoms with Crippen molar-refractivity contribution < 1.29 is 18.7 Å². The van der Waals surface area contributed by atoms with Gasteiger partial charge < -0.3 is 19.8 Å². The number of nitrogens with zero attached hydrogens (tertiary/aromatic N) is 1. The number of nitrogens with one attached hydrogen (secondary N) is 2. The Labute approximate surface area is 140 Å². The van der Waals surface area contributed by atoms with Crippen LogP contribution in [0.4, 0.5) is 4.79 Å². The molecule has 0 fully saturated rings. The molecule has 0 saturated heterocycles. The van der Waals surface area contributed by atoms with Crippen LogP contribution < -0.4 is 10.6 Å². The van der Waals surface area contributed by atoms with Crippen molar-refractivity contribution in [3.05, 3.63) is 42.4 Å². The third-order valence-electron chi connectivity index (χ3n) is 3.55. The third-order valence-corrected chi connectivity index (χ3v) is 3.55. The van der Waals surface area contributed by atoms with Crippen LogP contribution in [0.25, 0.3) is 11.3 Å². The zero-order valence-corrected chi connectivity index (χ0v) is 13.9. The van der Waals surface area contributed by atoms with E-state index in [0.29, 0.717) is 12.3 Å². The molecule has 0 spiro atoms. The summed E-state index contributed by atoms with van der Waals surface area (Å²) in [4.78, 5) is 27.5. The molecule has 2 N–H and O–H groups in total. The number of rotatable bonds is 6. The largest absolute Gasteiger partial charge is 0.453 e. The fraction of sp³-hybridized carbons (Fsp3) is 0.353. The van der Waals surface area contributed by atoms with Crippen molar-refractivity contribution in [2.45, 2.75) is 26.4 Å². The van der Waals surface area contributed by atoms with Crippen LogP contribution in [-0.4, -0.2) is 30.1 Å². The molecule has 2 rings (SSSR count). The first-order valence-corrected chi connectivity index (χ1v) is 7.61. The van der Waals surface area contributed by atoms with Crippen molar-refractivity contribution in [1.82, 2.24) is 15.6 Å². The average molecular weight is 331 g/mol. The van der Waals surface area contributed by atoms with Crippen LogP contribution in [0.15, 0.2) is 41.3 Å². The van der Waals surface area contributed by atoms with E-state index in [1.54, 1.807) is 6.20 Å². The van der Waals surface area contributed by atoms with Gasteiger partial charge in [0.2, 0.25) is 5.91 Å². The van der Waals surface area contributed by atoms with Gasteiger partial charge in [-0.1, -0.05) is 38.1 Å². The minimum atomic E-state index is -0.647. The number of benzene rings is 1. The average Bonchev–Trinajstić information content (AvgIpc) is 3.12. The second-order valence-electron chi connectivity index (χ2n) is 5.64. The molecule has 0 aliphatic rings. The lowest BCUT2D eigenvalue weighted by Crippen LogP contribution is -2.49. The fourth-order valence-electron chi connectivity index (χ4n) is 2.17. The molecule has 7 heteroatoms. The maximum absolute atomic E-state index is 12.3. The van der Waals surface area contributed by atoms with Gasteiger partial charge in [-0.15, -0.1) is 0 Å². The minimum Gasteiger partial charge on any atom is -0.453 e. The standard InChI is InChI=1S/C17H21N3O4/c1-11(2)15(20-17(22)23-3)16(21)19-8-12-4-6-13(7-5-12)14-9-18-10-24-14/h4-7,9-11,15H,8H2,1-3H3,(H,19,21)(H,20,22)/t15-/m0/s1. The predicted octanol–water partition coefficient (Wildman–Crippen LogP) is 2.34. The number of carbonyl (C=O) groups excluding carboxylic acids is 2. The third kappa shape index (κ3) is 4.58. The lowest BCUT2D eigenvalue weighted by atomic mass is 10.0. The molecular formula is C17H21N3O4. The molecule has 2 amide bonds. The molecule has 128 valence electrons. The molecule has 7 nitrogen and oxygen atoms in total. The van der Waals surface area contributed by atoms with E-state index in [0.717, 1.165) is 11.1 Å². The number of carbonyl (C=O) groups is 2. The number of alkyl carbamates (subject to hydrolysis) is 1. The first-order valence-electron chi connectivity index (χ1n) is 7.61. The molecule has 0 saturated carbocycles. The predicted molar refractivity (Wildman–Crippen MR) is 88.0 cm³/mol. The van der Waals surface area contributed by atoms with Gasteiger partial charge in [-0.25, -0.2) is 9.78 Å². The summed E-state index contributed by atoms with van der Waals surface area (Å²) in [5.74, 6) is 0.375. The summed E-state index contributed by atoms with van der Waals surface area (Å²) in [6.07, 6.45) is 2.40. The van der Waals surface area contributed by atoms with Gasteiger partial charge in [0.15, 0.2) is 12.2 Å². The number of amides is 2. The summed E-state index contributed by atoms with van der Waals surface area (Å²) in [7, 11) is 1.26. The van der Waals surface area contributed by atoms with Gasteiger partial charge in [0.05, 0.1) is 13.3 Å². The SMILES string of the molecule is COC(=O)N[C@H](C(=O)NCc1ccc(-c2cnco2)cc1)C(C)C. The van der Waals surface area contributed by atoms with E-state index < -0.39 is 12.1 Å². The zero-order valence-electron chi connectivity index (χ0n) is 13.9. The van der Waals surface area contributed by atoms with Crippen LogP contribution in [0.1, 0.15) is 19.4 Å². The van der Waals surface area contributed by atoms with Crippen molar-refractivity contribution in [3.8, 4) is 11.3 Å². The number of aromatic nitrogens is 1. The molecule has 2 aromatic rings. The van der Waals surface area contributed by atoms with Crippen molar-refractivity contribution in [3.63, 3.8) is 0 Å². The minimum absolute atomic E-state index is 0.0575. The van der Waals surface area contributed by atoms with E-state index in [9.17, 15) is 9.59 Å². The fourth-order valence-corrected chi connectivity index (χ4v) is 2.17. The summed E-state index contributed by atoms with van der Waals surface area (Å²) in [6.45, 7) is 4.07. The van der Waals surface area contributed by atoms with Crippen molar-refractivity contribution >= 4 is 12.0 Å². The first kappa shape index (κ1) is 17.5. The maximum atomic E-state index is 12.3. The molecule has 0 radical (unpaired) electrons. The van der Waals surface area contributed by atoms with Crippen molar-refractivity contribution in [2.75, 3.05) is 7.11 Å². The van der Waals surface area contributed by atoms with Crippen molar-refractivity contribution in [2.24, 2.45) is 5.92 Å². The highest BCUT2D eigenvalue weighted by Crippen LogP contribution is 2.18. The highest BCUT2D eigenvalue weighted by Gasteiger charge is 2.24. The summed E-state index contributed by atoms with van der Waals surface area (Å²) < 4.78 is 9.78. The van der Waals surface area contributed by atoms with E-state index in [2.05, 4.69) is 20.4 Å². The Morgan fingerprint density at radius 1 is 1.25 bits per heavy atom. The maximum Gasteiger partial charge on any atom is 0.407 e. The number of hydrogen-bond donors (Lipinski definition) is 2. The van der Waals surface area contributed by atoms with Gasteiger partial charge >= 0.3 is 6.09 Å². The zero-order chi connectivity index (χ0) is 17.5. The number of ether oxygens (including phenoxy) is 1. The monoisotopic (exact) mass is 331 g/mol. The molecule has 0 aliphatic heterocycles. The Morgan fingerprint density at radius 3 is 2.50 bits per heavy atom. The van der Waals surface area contributed by atoms with Gasteiger partial charge in [0.1, 0.15) is 6.04 Å². The van der Waals surface area contributed by atoms with Gasteiger partial charge in [0, 0.05) is 12.1 Å². The van der Waals surface area contributed by atoms with E-state index in [1.165, 1.54) is 13.5 Å². The first-order chi connectivity index (χ1) is 11.5. The van der Waals surface area contributed by atoms with E-state index in [1.807, 2.05) is 38.1 Å². The number of hydrogen-bond acceptors (Lipinski definition) is 5. The Morgan fingerprint density at radius 2 is 1.96 bits per heavy atom. The smallest absolute Gasteiger partial charge is 0.407 e. The number of oxazole rings is 1. The van der Waals surface area contributed by atoms with Crippen LogP contribution in [-0.2, 0) is 16.1 Å². The Bertz CT molecular complexity index is 666. The molecule has 1 aromatic heterocycles. The van der Waals surface area contributed by atoms with Crippen molar-refractivity contribution in [1.29, 1.82) is 0 Å². The van der Waals surface area contributed by atoms with Crippen LogP contribution in [0.2, 0.25) is 0 Å². The second kappa shape index (κ2) is 8.14. The Balaban J connectivity index is 1.93. The topological polar surface area (TPSA) is 93.5 Å².